The molecule has 252 valence electrons. The van der Waals surface area contributed by atoms with Gasteiger partial charge in [0, 0.05) is 22.4 Å². The van der Waals surface area contributed by atoms with Crippen LogP contribution in [0.15, 0.2) is 199 Å². The molecule has 0 N–H and O–H groups in total. The number of hydrogen-bond donors (Lipinski definition) is 0. The first-order valence-electron chi connectivity index (χ1n) is 17.9. The lowest BCUT2D eigenvalue weighted by Crippen LogP contribution is -2.10. The van der Waals surface area contributed by atoms with Crippen LogP contribution in [-0.4, -0.2) is 6.72 Å². The Balaban J connectivity index is 1.08. The van der Waals surface area contributed by atoms with E-state index in [1.54, 1.807) is 0 Å². The summed E-state index contributed by atoms with van der Waals surface area (Å²) in [5.41, 5.74) is 9.78. The summed E-state index contributed by atoms with van der Waals surface area (Å²) in [5, 5.41) is 7.18. The standard InChI is InChI=1S/C50H36N2O/c1-51-49-31-26-37-14-5-8-19-45(37)50(49)53-34-35-22-27-41(28-23-35)52(43-17-11-16-39(32-43)36-12-3-2-4-13-36)42-29-24-38(25-30-42)48-33-40-15-6-7-18-44(40)46-20-9-10-21-47(46)48/h2-33H,1,34H2. The van der Waals surface area contributed by atoms with Gasteiger partial charge < -0.3 is 9.64 Å². The highest BCUT2D eigenvalue weighted by molar-refractivity contribution is 6.13. The van der Waals surface area contributed by atoms with Gasteiger partial charge in [0.15, 0.2) is 5.75 Å². The molecule has 0 saturated heterocycles. The average Bonchev–Trinajstić information content (AvgIpc) is 3.24. The fourth-order valence-corrected chi connectivity index (χ4v) is 7.39. The lowest BCUT2D eigenvalue weighted by Gasteiger charge is -2.26. The smallest absolute Gasteiger partial charge is 0.153 e. The first-order valence-corrected chi connectivity index (χ1v) is 17.9. The molecular weight excluding hydrogens is 645 g/mol. The Labute approximate surface area is 309 Å². The third kappa shape index (κ3) is 6.19. The molecule has 3 heteroatoms. The number of hydrogen-bond acceptors (Lipinski definition) is 3. The van der Waals surface area contributed by atoms with Crippen molar-refractivity contribution in [2.45, 2.75) is 6.61 Å². The number of nitrogens with zero attached hydrogens (tertiary/aromatic N) is 2. The Morgan fingerprint density at radius 3 is 1.81 bits per heavy atom. The van der Waals surface area contributed by atoms with Gasteiger partial charge in [0.2, 0.25) is 0 Å². The molecule has 0 bridgehead atoms. The van der Waals surface area contributed by atoms with Gasteiger partial charge in [-0.2, -0.15) is 0 Å². The van der Waals surface area contributed by atoms with Gasteiger partial charge in [-0.1, -0.05) is 146 Å². The molecule has 0 aromatic heterocycles. The van der Waals surface area contributed by atoms with Crippen LogP contribution in [0.5, 0.6) is 5.75 Å². The Morgan fingerprint density at radius 1 is 0.434 bits per heavy atom. The molecule has 0 spiro atoms. The molecule has 0 saturated carbocycles. The van der Waals surface area contributed by atoms with Crippen LogP contribution in [0.2, 0.25) is 0 Å². The zero-order chi connectivity index (χ0) is 35.6. The van der Waals surface area contributed by atoms with E-state index in [-0.39, 0.29) is 0 Å². The maximum Gasteiger partial charge on any atom is 0.153 e. The average molecular weight is 681 g/mol. The molecule has 0 aliphatic rings. The van der Waals surface area contributed by atoms with E-state index in [0.717, 1.165) is 44.8 Å². The van der Waals surface area contributed by atoms with Crippen LogP contribution in [0.4, 0.5) is 22.7 Å². The third-order valence-corrected chi connectivity index (χ3v) is 10.0. The molecule has 0 heterocycles. The minimum Gasteiger partial charge on any atom is -0.486 e. The number of rotatable bonds is 9. The van der Waals surface area contributed by atoms with Crippen molar-refractivity contribution < 1.29 is 4.74 Å². The Bertz CT molecular complexity index is 2740. The van der Waals surface area contributed by atoms with Gasteiger partial charge in [0.05, 0.1) is 0 Å². The Hall–Kier alpha value is -6.97. The molecule has 0 amide bonds. The van der Waals surface area contributed by atoms with E-state index in [9.17, 15) is 0 Å². The lowest BCUT2D eigenvalue weighted by molar-refractivity contribution is 0.311. The second kappa shape index (κ2) is 14.0. The number of fused-ring (bicyclic) bond motifs is 4. The molecule has 0 fully saturated rings. The van der Waals surface area contributed by atoms with Crippen LogP contribution in [0, 0.1) is 0 Å². The van der Waals surface area contributed by atoms with E-state index >= 15 is 0 Å². The Kier molecular flexibility index (Phi) is 8.43. The number of ether oxygens (including phenoxy) is 1. The van der Waals surface area contributed by atoms with E-state index in [1.165, 1.54) is 43.8 Å². The highest BCUT2D eigenvalue weighted by atomic mass is 16.5. The summed E-state index contributed by atoms with van der Waals surface area (Å²) < 4.78 is 6.43. The lowest BCUT2D eigenvalue weighted by atomic mass is 9.93. The predicted octanol–water partition coefficient (Wildman–Crippen LogP) is 13.9. The summed E-state index contributed by atoms with van der Waals surface area (Å²) in [6.07, 6.45) is 0. The minimum absolute atomic E-state index is 0.411. The fourth-order valence-electron chi connectivity index (χ4n) is 7.39. The van der Waals surface area contributed by atoms with E-state index in [4.69, 9.17) is 4.74 Å². The number of benzene rings is 9. The quantitative estimate of drug-likeness (QED) is 0.112. The van der Waals surface area contributed by atoms with Crippen LogP contribution >= 0.6 is 0 Å². The van der Waals surface area contributed by atoms with Gasteiger partial charge in [-0.15, -0.1) is 0 Å². The second-order valence-corrected chi connectivity index (χ2v) is 13.2. The van der Waals surface area contributed by atoms with E-state index in [0.29, 0.717) is 6.61 Å². The van der Waals surface area contributed by atoms with E-state index in [1.807, 2.05) is 18.2 Å². The SMILES string of the molecule is C=Nc1ccc2ccccc2c1OCc1ccc(N(c2ccc(-c3cc4ccccc4c4ccccc34)cc2)c2cccc(-c3ccccc3)c2)cc1. The molecule has 9 aromatic rings. The first-order chi connectivity index (χ1) is 26.2. The maximum absolute atomic E-state index is 6.43. The van der Waals surface area contributed by atoms with Gasteiger partial charge in [-0.25, -0.2) is 0 Å². The molecule has 3 nitrogen and oxygen atoms in total. The van der Waals surface area contributed by atoms with Crippen LogP contribution in [-0.2, 0) is 6.61 Å². The molecule has 0 aliphatic carbocycles. The van der Waals surface area contributed by atoms with Gasteiger partial charge in [0.25, 0.3) is 0 Å². The maximum atomic E-state index is 6.43. The molecule has 0 unspecified atom stereocenters. The van der Waals surface area contributed by atoms with Crippen LogP contribution < -0.4 is 9.64 Å². The van der Waals surface area contributed by atoms with Gasteiger partial charge in [-0.3, -0.25) is 4.99 Å². The van der Waals surface area contributed by atoms with Crippen LogP contribution in [0.25, 0.3) is 54.6 Å². The summed E-state index contributed by atoms with van der Waals surface area (Å²) in [4.78, 5) is 6.56. The van der Waals surface area contributed by atoms with E-state index < -0.39 is 0 Å². The number of anilines is 3. The predicted molar refractivity (Wildman–Crippen MR) is 224 cm³/mol. The van der Waals surface area contributed by atoms with Gasteiger partial charge in [0.1, 0.15) is 12.3 Å². The normalized spacial score (nSPS) is 11.2. The molecule has 53 heavy (non-hydrogen) atoms. The summed E-state index contributed by atoms with van der Waals surface area (Å²) in [6, 6.07) is 68.8. The van der Waals surface area contributed by atoms with E-state index in [2.05, 4.69) is 193 Å². The second-order valence-electron chi connectivity index (χ2n) is 13.2. The fraction of sp³-hybridized carbons (Fsp3) is 0.0200. The van der Waals surface area contributed by atoms with Crippen molar-refractivity contribution in [2.75, 3.05) is 4.90 Å². The third-order valence-electron chi connectivity index (χ3n) is 10.0. The summed E-state index contributed by atoms with van der Waals surface area (Å²) in [5.74, 6) is 0.751. The van der Waals surface area contributed by atoms with Crippen molar-refractivity contribution in [3.63, 3.8) is 0 Å². The minimum atomic E-state index is 0.411. The summed E-state index contributed by atoms with van der Waals surface area (Å²) in [7, 11) is 0. The largest absolute Gasteiger partial charge is 0.486 e. The highest BCUT2D eigenvalue weighted by Crippen LogP contribution is 2.40. The van der Waals surface area contributed by atoms with Gasteiger partial charge in [-0.05, 0) is 110 Å². The number of aliphatic imine (C=N–C) groups is 1. The van der Waals surface area contributed by atoms with Crippen molar-refractivity contribution in [2.24, 2.45) is 4.99 Å². The van der Waals surface area contributed by atoms with Crippen LogP contribution in [0.3, 0.4) is 0 Å². The molecular formula is C50H36N2O. The van der Waals surface area contributed by atoms with Crippen molar-refractivity contribution in [3.05, 3.63) is 200 Å². The van der Waals surface area contributed by atoms with Crippen LogP contribution in [0.1, 0.15) is 5.56 Å². The molecule has 9 rings (SSSR count). The topological polar surface area (TPSA) is 24.8 Å². The van der Waals surface area contributed by atoms with Crippen molar-refractivity contribution in [1.82, 2.24) is 0 Å². The highest BCUT2D eigenvalue weighted by Gasteiger charge is 2.16. The first kappa shape index (κ1) is 32.0. The molecule has 9 aromatic carbocycles. The molecule has 0 radical (unpaired) electrons. The summed E-state index contributed by atoms with van der Waals surface area (Å²) in [6.45, 7) is 4.19. The van der Waals surface area contributed by atoms with Crippen molar-refractivity contribution >= 4 is 61.8 Å². The monoisotopic (exact) mass is 680 g/mol. The summed E-state index contributed by atoms with van der Waals surface area (Å²) >= 11 is 0. The zero-order valence-electron chi connectivity index (χ0n) is 29.2. The Morgan fingerprint density at radius 2 is 1.06 bits per heavy atom. The zero-order valence-corrected chi connectivity index (χ0v) is 29.2. The van der Waals surface area contributed by atoms with Gasteiger partial charge >= 0.3 is 0 Å². The van der Waals surface area contributed by atoms with Crippen molar-refractivity contribution in [1.29, 1.82) is 0 Å². The molecule has 0 aliphatic heterocycles. The van der Waals surface area contributed by atoms with Crippen molar-refractivity contribution in [3.8, 4) is 28.0 Å². The molecule has 0 atom stereocenters.